The van der Waals surface area contributed by atoms with Crippen LogP contribution in [0.15, 0.2) is 0 Å². The number of aliphatic hydroxyl groups is 5. The van der Waals surface area contributed by atoms with Crippen LogP contribution in [-0.4, -0.2) is 62.8 Å². The average molecular weight is 204 g/mol. The monoisotopic (exact) mass is 204 g/mol. The van der Waals surface area contributed by atoms with Crippen LogP contribution in [0.1, 0.15) is 1.43 Å². The fraction of sp³-hybridized carbons (Fsp3) is 0.833. The van der Waals surface area contributed by atoms with Crippen LogP contribution in [0.4, 0.5) is 0 Å². The average Bonchev–Trinajstić information content (AvgIpc) is 2.12. The summed E-state index contributed by atoms with van der Waals surface area (Å²) in [4.78, 5) is 9.90. The van der Waals surface area contributed by atoms with Gasteiger partial charge >= 0.3 is 29.6 Å². The Morgan fingerprint density at radius 1 is 1.15 bits per heavy atom. The van der Waals surface area contributed by atoms with Crippen molar-refractivity contribution in [2.45, 2.75) is 24.4 Å². The summed E-state index contributed by atoms with van der Waals surface area (Å²) in [5, 5.41) is 43.5. The van der Waals surface area contributed by atoms with E-state index in [1.54, 1.807) is 0 Å². The van der Waals surface area contributed by atoms with Crippen molar-refractivity contribution in [3.8, 4) is 0 Å². The zero-order valence-electron chi connectivity index (χ0n) is 8.24. The van der Waals surface area contributed by atoms with Crippen molar-refractivity contribution in [3.05, 3.63) is 0 Å². The molecule has 0 saturated carbocycles. The molecule has 0 unspecified atom stereocenters. The van der Waals surface area contributed by atoms with E-state index >= 15 is 0 Å². The minimum absolute atomic E-state index is 0. The molecule has 74 valence electrons. The summed E-state index contributed by atoms with van der Waals surface area (Å²) >= 11 is 0. The first-order chi connectivity index (χ1) is 5.54. The fourth-order valence-electron chi connectivity index (χ4n) is 0.618. The molecule has 7 heteroatoms. The van der Waals surface area contributed by atoms with Crippen LogP contribution in [0, 0.1) is 0 Å². The van der Waals surface area contributed by atoms with E-state index in [9.17, 15) is 4.79 Å². The van der Waals surface area contributed by atoms with E-state index in [1.807, 2.05) is 0 Å². The normalized spacial score (nSPS) is 19.5. The molecule has 0 aromatic carbocycles. The molecule has 0 rings (SSSR count). The number of aliphatic hydroxyl groups excluding tert-OH is 5. The molecule has 0 aliphatic rings. The molecule has 0 radical (unpaired) electrons. The van der Waals surface area contributed by atoms with Gasteiger partial charge in [-0.3, -0.25) is 0 Å². The van der Waals surface area contributed by atoms with Gasteiger partial charge in [0.15, 0.2) is 6.29 Å². The smallest absolute Gasteiger partial charge is 1.00 e. The molecule has 6 nitrogen and oxygen atoms in total. The van der Waals surface area contributed by atoms with Gasteiger partial charge in [0, 0.05) is 0 Å². The molecule has 0 aliphatic carbocycles. The van der Waals surface area contributed by atoms with Crippen LogP contribution in [0.25, 0.3) is 0 Å². The SMILES string of the molecule is O=C[C@H](O)[C@H](O)[C@H](O)[C@H](O)CO.[H-].[Na+]. The van der Waals surface area contributed by atoms with Crippen LogP contribution in [0.3, 0.4) is 0 Å². The summed E-state index contributed by atoms with van der Waals surface area (Å²) in [5.41, 5.74) is 0. The van der Waals surface area contributed by atoms with Crippen LogP contribution in [-0.2, 0) is 4.79 Å². The molecule has 0 fully saturated rings. The number of hydrogen-bond acceptors (Lipinski definition) is 6. The fourth-order valence-corrected chi connectivity index (χ4v) is 0.618. The van der Waals surface area contributed by atoms with E-state index in [4.69, 9.17) is 25.5 Å². The first-order valence-corrected chi connectivity index (χ1v) is 3.33. The Kier molecular flexibility index (Phi) is 9.60. The first-order valence-electron chi connectivity index (χ1n) is 3.33. The zero-order chi connectivity index (χ0) is 9.72. The van der Waals surface area contributed by atoms with Crippen molar-refractivity contribution in [1.82, 2.24) is 0 Å². The van der Waals surface area contributed by atoms with Gasteiger partial charge in [-0.05, 0) is 0 Å². The molecule has 5 N–H and O–H groups in total. The maximum absolute atomic E-state index is 9.90. The Hall–Kier alpha value is 0.470. The molecule has 0 aromatic rings. The number of carbonyl (C=O) groups excluding carboxylic acids is 1. The Labute approximate surface area is 98.6 Å². The largest absolute Gasteiger partial charge is 1.00 e. The minimum atomic E-state index is -1.79. The summed E-state index contributed by atoms with van der Waals surface area (Å²) in [6.07, 6.45) is -6.84. The van der Waals surface area contributed by atoms with Crippen molar-refractivity contribution in [2.24, 2.45) is 0 Å². The summed E-state index contributed by atoms with van der Waals surface area (Å²) in [6, 6.07) is 0. The molecule has 0 bridgehead atoms. The van der Waals surface area contributed by atoms with Crippen molar-refractivity contribution >= 4 is 6.29 Å². The van der Waals surface area contributed by atoms with Gasteiger partial charge in [0.05, 0.1) is 6.61 Å². The summed E-state index contributed by atoms with van der Waals surface area (Å²) in [6.45, 7) is -0.760. The Balaban J connectivity index is -0.000000605. The number of hydrogen-bond donors (Lipinski definition) is 5. The van der Waals surface area contributed by atoms with E-state index in [-0.39, 0.29) is 37.3 Å². The van der Waals surface area contributed by atoms with E-state index in [1.165, 1.54) is 0 Å². The third kappa shape index (κ3) is 5.04. The second-order valence-electron chi connectivity index (χ2n) is 2.36. The topological polar surface area (TPSA) is 118 Å². The standard InChI is InChI=1S/C6H12O6.Na.H/c7-1-3(9)5(11)6(12)4(10)2-8;;/h1,3-6,8-12H,2H2;;/q;+1;-1/t3-,4+,5-,6+;;/m0../s1. The van der Waals surface area contributed by atoms with Gasteiger partial charge in [-0.2, -0.15) is 0 Å². The van der Waals surface area contributed by atoms with E-state index in [0.29, 0.717) is 0 Å². The molecule has 0 amide bonds. The van der Waals surface area contributed by atoms with Crippen molar-refractivity contribution in [2.75, 3.05) is 6.61 Å². The number of aldehydes is 1. The molecule has 13 heavy (non-hydrogen) atoms. The van der Waals surface area contributed by atoms with Gasteiger partial charge in [-0.25, -0.2) is 0 Å². The Morgan fingerprint density at radius 2 is 1.62 bits per heavy atom. The van der Waals surface area contributed by atoms with Gasteiger partial charge in [-0.1, -0.05) is 0 Å². The second kappa shape index (κ2) is 7.84. The minimum Gasteiger partial charge on any atom is -1.00 e. The summed E-state index contributed by atoms with van der Waals surface area (Å²) in [5.74, 6) is 0. The molecule has 0 aliphatic heterocycles. The Morgan fingerprint density at radius 3 is 1.92 bits per heavy atom. The van der Waals surface area contributed by atoms with Gasteiger partial charge < -0.3 is 31.8 Å². The van der Waals surface area contributed by atoms with Crippen molar-refractivity contribution < 1.29 is 61.3 Å². The maximum atomic E-state index is 9.90. The van der Waals surface area contributed by atoms with Crippen LogP contribution < -0.4 is 29.6 Å². The van der Waals surface area contributed by atoms with Crippen LogP contribution in [0.2, 0.25) is 0 Å². The second-order valence-corrected chi connectivity index (χ2v) is 2.36. The molecular weight excluding hydrogens is 191 g/mol. The van der Waals surface area contributed by atoms with Gasteiger partial charge in [0.2, 0.25) is 0 Å². The predicted molar refractivity (Wildman–Crippen MR) is 38.3 cm³/mol. The Bertz CT molecular complexity index is 148. The number of rotatable bonds is 5. The van der Waals surface area contributed by atoms with E-state index in [0.717, 1.165) is 0 Å². The third-order valence-corrected chi connectivity index (χ3v) is 1.42. The van der Waals surface area contributed by atoms with E-state index in [2.05, 4.69) is 0 Å². The van der Waals surface area contributed by atoms with Crippen molar-refractivity contribution in [1.29, 1.82) is 0 Å². The molecule has 0 spiro atoms. The van der Waals surface area contributed by atoms with E-state index < -0.39 is 31.0 Å². The predicted octanol–water partition coefficient (Wildman–Crippen LogP) is -6.26. The molecule has 4 atom stereocenters. The third-order valence-electron chi connectivity index (χ3n) is 1.42. The number of carbonyl (C=O) groups is 1. The van der Waals surface area contributed by atoms with Gasteiger partial charge in [-0.15, -0.1) is 0 Å². The quantitative estimate of drug-likeness (QED) is 0.224. The van der Waals surface area contributed by atoms with Gasteiger partial charge in [0.1, 0.15) is 24.4 Å². The summed E-state index contributed by atoms with van der Waals surface area (Å²) in [7, 11) is 0. The molecular formula is C6H13NaO6. The summed E-state index contributed by atoms with van der Waals surface area (Å²) < 4.78 is 0. The first kappa shape index (κ1) is 15.9. The van der Waals surface area contributed by atoms with Crippen molar-refractivity contribution in [3.63, 3.8) is 0 Å². The van der Waals surface area contributed by atoms with Crippen LogP contribution >= 0.6 is 0 Å². The maximum Gasteiger partial charge on any atom is 1.00 e. The van der Waals surface area contributed by atoms with Crippen LogP contribution in [0.5, 0.6) is 0 Å². The zero-order valence-corrected chi connectivity index (χ0v) is 9.24. The molecule has 0 saturated heterocycles. The van der Waals surface area contributed by atoms with Gasteiger partial charge in [0.25, 0.3) is 0 Å². The molecule has 0 aromatic heterocycles. The molecule has 0 heterocycles.